The van der Waals surface area contributed by atoms with Gasteiger partial charge in [-0.3, -0.25) is 9.59 Å². The van der Waals surface area contributed by atoms with Crippen molar-refractivity contribution in [3.63, 3.8) is 0 Å². The molecule has 2 aliphatic heterocycles. The number of amides is 2. The molecule has 7 nitrogen and oxygen atoms in total. The molecule has 166 valence electrons. The lowest BCUT2D eigenvalue weighted by atomic mass is 10.00. The molecule has 0 unspecified atom stereocenters. The number of nitrogens with zero attached hydrogens (tertiary/aromatic N) is 4. The minimum absolute atomic E-state index is 0.129. The summed E-state index contributed by atoms with van der Waals surface area (Å²) in [6.07, 6.45) is 6.07. The largest absolute Gasteiger partial charge is 0.342 e. The number of hydrogen-bond donors (Lipinski definition) is 1. The van der Waals surface area contributed by atoms with Crippen molar-refractivity contribution in [2.75, 3.05) is 37.2 Å². The van der Waals surface area contributed by atoms with E-state index < -0.39 is 0 Å². The number of aromatic nitrogens is 2. The quantitative estimate of drug-likeness (QED) is 0.630. The normalized spacial score (nSPS) is 18.2. The predicted octanol–water partition coefficient (Wildman–Crippen LogP) is 4.01. The molecule has 0 aliphatic carbocycles. The van der Waals surface area contributed by atoms with Gasteiger partial charge in [-0.1, -0.05) is 41.1 Å². The van der Waals surface area contributed by atoms with Gasteiger partial charge in [-0.15, -0.1) is 10.2 Å². The highest BCUT2D eigenvalue weighted by Crippen LogP contribution is 2.25. The summed E-state index contributed by atoms with van der Waals surface area (Å²) in [4.78, 5) is 29.5. The van der Waals surface area contributed by atoms with Crippen LogP contribution < -0.4 is 5.32 Å². The molecule has 2 saturated heterocycles. The second kappa shape index (κ2) is 10.8. The summed E-state index contributed by atoms with van der Waals surface area (Å²) in [5.74, 6) is 0.129. The Morgan fingerprint density at radius 2 is 1.77 bits per heavy atom. The Morgan fingerprint density at radius 3 is 2.48 bits per heavy atom. The van der Waals surface area contributed by atoms with Crippen LogP contribution in [0.15, 0.2) is 28.6 Å². The highest BCUT2D eigenvalue weighted by molar-refractivity contribution is 8.01. The van der Waals surface area contributed by atoms with E-state index in [0.29, 0.717) is 26.8 Å². The van der Waals surface area contributed by atoms with Crippen LogP contribution in [0.3, 0.4) is 0 Å². The Balaban J connectivity index is 1.21. The van der Waals surface area contributed by atoms with Gasteiger partial charge in [-0.25, -0.2) is 0 Å². The number of benzene rings is 1. The van der Waals surface area contributed by atoms with Gasteiger partial charge in [0.15, 0.2) is 4.34 Å². The molecule has 0 spiro atoms. The van der Waals surface area contributed by atoms with Gasteiger partial charge in [-0.2, -0.15) is 0 Å². The van der Waals surface area contributed by atoms with Crippen LogP contribution in [0.1, 0.15) is 41.9 Å². The average Bonchev–Trinajstić information content (AvgIpc) is 3.29. The van der Waals surface area contributed by atoms with Gasteiger partial charge >= 0.3 is 0 Å². The van der Waals surface area contributed by atoms with Crippen LogP contribution >= 0.6 is 34.7 Å². The monoisotopic (exact) mass is 479 g/mol. The fourth-order valence-electron chi connectivity index (χ4n) is 4.06. The number of rotatable bonds is 6. The second-order valence-corrected chi connectivity index (χ2v) is 10.5. The predicted molar refractivity (Wildman–Crippen MR) is 125 cm³/mol. The summed E-state index contributed by atoms with van der Waals surface area (Å²) in [5, 5.41) is 11.7. The van der Waals surface area contributed by atoms with Crippen molar-refractivity contribution in [3.05, 3.63) is 34.3 Å². The van der Waals surface area contributed by atoms with Crippen molar-refractivity contribution in [2.24, 2.45) is 0 Å². The molecule has 4 rings (SSSR count). The van der Waals surface area contributed by atoms with Crippen LogP contribution in [0.5, 0.6) is 0 Å². The summed E-state index contributed by atoms with van der Waals surface area (Å²) in [5.41, 5.74) is 0.641. The third-order valence-electron chi connectivity index (χ3n) is 5.75. The van der Waals surface area contributed by atoms with E-state index >= 15 is 0 Å². The van der Waals surface area contributed by atoms with E-state index in [1.807, 2.05) is 4.90 Å². The number of halogens is 1. The molecule has 2 aromatic rings. The number of piperidine rings is 2. The molecule has 2 amide bonds. The van der Waals surface area contributed by atoms with E-state index in [1.54, 1.807) is 24.3 Å². The Labute approximate surface area is 195 Å². The number of likely N-dealkylation sites (tertiary alicyclic amines) is 2. The van der Waals surface area contributed by atoms with E-state index in [1.165, 1.54) is 55.5 Å². The topological polar surface area (TPSA) is 78.4 Å². The lowest BCUT2D eigenvalue weighted by Crippen LogP contribution is -2.48. The van der Waals surface area contributed by atoms with E-state index in [-0.39, 0.29) is 16.8 Å². The van der Waals surface area contributed by atoms with Crippen molar-refractivity contribution in [2.45, 2.75) is 42.5 Å². The SMILES string of the molecule is O=C(Nc1ccc(Cl)cc1)c1nnc(SCC(=O)N2CCC(N3CCCCC3)CC2)s1. The van der Waals surface area contributed by atoms with Gasteiger partial charge in [0.2, 0.25) is 10.9 Å². The maximum Gasteiger partial charge on any atom is 0.286 e. The van der Waals surface area contributed by atoms with Crippen molar-refractivity contribution < 1.29 is 9.59 Å². The Morgan fingerprint density at radius 1 is 1.06 bits per heavy atom. The molecule has 1 N–H and O–H groups in total. The number of carbonyl (C=O) groups excluding carboxylic acids is 2. The summed E-state index contributed by atoms with van der Waals surface area (Å²) < 4.78 is 0.623. The van der Waals surface area contributed by atoms with Crippen LogP contribution in [0, 0.1) is 0 Å². The summed E-state index contributed by atoms with van der Waals surface area (Å²) in [7, 11) is 0. The first-order valence-corrected chi connectivity index (χ1v) is 12.8. The first kappa shape index (κ1) is 22.5. The zero-order valence-corrected chi connectivity index (χ0v) is 19.6. The van der Waals surface area contributed by atoms with Gasteiger partial charge in [0.25, 0.3) is 5.91 Å². The highest BCUT2D eigenvalue weighted by Gasteiger charge is 2.27. The van der Waals surface area contributed by atoms with Gasteiger partial charge in [-0.05, 0) is 63.0 Å². The molecule has 2 aliphatic rings. The van der Waals surface area contributed by atoms with E-state index in [2.05, 4.69) is 20.4 Å². The molecule has 1 aromatic carbocycles. The van der Waals surface area contributed by atoms with Gasteiger partial charge in [0, 0.05) is 29.8 Å². The molecule has 2 fully saturated rings. The lowest BCUT2D eigenvalue weighted by Gasteiger charge is -2.40. The van der Waals surface area contributed by atoms with Crippen LogP contribution in [-0.2, 0) is 4.79 Å². The Bertz CT molecular complexity index is 893. The van der Waals surface area contributed by atoms with Gasteiger partial charge < -0.3 is 15.1 Å². The fraction of sp³-hybridized carbons (Fsp3) is 0.524. The number of carbonyl (C=O) groups is 2. The molecular formula is C21H26ClN5O2S2. The minimum Gasteiger partial charge on any atom is -0.342 e. The van der Waals surface area contributed by atoms with Crippen LogP contribution in [0.2, 0.25) is 5.02 Å². The van der Waals surface area contributed by atoms with Gasteiger partial charge in [0.05, 0.1) is 5.75 Å². The van der Waals surface area contributed by atoms with Crippen molar-refractivity contribution >= 4 is 52.2 Å². The van der Waals surface area contributed by atoms with Crippen LogP contribution in [0.4, 0.5) is 5.69 Å². The minimum atomic E-state index is -0.321. The average molecular weight is 480 g/mol. The first-order valence-electron chi connectivity index (χ1n) is 10.6. The molecule has 0 atom stereocenters. The number of thioether (sulfide) groups is 1. The maximum absolute atomic E-state index is 12.6. The van der Waals surface area contributed by atoms with E-state index in [9.17, 15) is 9.59 Å². The zero-order valence-electron chi connectivity index (χ0n) is 17.3. The molecule has 1 aromatic heterocycles. The number of anilines is 1. The van der Waals surface area contributed by atoms with Gasteiger partial charge in [0.1, 0.15) is 0 Å². The lowest BCUT2D eigenvalue weighted by molar-refractivity contribution is -0.129. The Kier molecular flexibility index (Phi) is 7.81. The van der Waals surface area contributed by atoms with E-state index in [4.69, 9.17) is 11.6 Å². The molecule has 0 bridgehead atoms. The summed E-state index contributed by atoms with van der Waals surface area (Å²) in [6, 6.07) is 7.49. The highest BCUT2D eigenvalue weighted by atomic mass is 35.5. The Hall–Kier alpha value is -1.68. The number of nitrogens with one attached hydrogen (secondary N) is 1. The van der Waals surface area contributed by atoms with Crippen LogP contribution in [0.25, 0.3) is 0 Å². The molecule has 0 saturated carbocycles. The molecule has 31 heavy (non-hydrogen) atoms. The van der Waals surface area contributed by atoms with Crippen LogP contribution in [-0.4, -0.2) is 69.8 Å². The second-order valence-electron chi connectivity index (χ2n) is 7.83. The molecular weight excluding hydrogens is 454 g/mol. The molecule has 3 heterocycles. The van der Waals surface area contributed by atoms with Crippen molar-refractivity contribution in [3.8, 4) is 0 Å². The summed E-state index contributed by atoms with van der Waals surface area (Å²) in [6.45, 7) is 4.07. The summed E-state index contributed by atoms with van der Waals surface area (Å²) >= 11 is 8.40. The first-order chi connectivity index (χ1) is 15.1. The smallest absolute Gasteiger partial charge is 0.286 e. The maximum atomic E-state index is 12.6. The third kappa shape index (κ3) is 6.19. The standard InChI is InChI=1S/C21H26ClN5O2S2/c22-15-4-6-16(7-5-15)23-19(29)20-24-25-21(31-20)30-14-18(28)27-12-8-17(9-13-27)26-10-2-1-3-11-26/h4-7,17H,1-3,8-14H2,(H,23,29). The molecule has 0 radical (unpaired) electrons. The zero-order chi connectivity index (χ0) is 21.6. The fourth-order valence-corrected chi connectivity index (χ4v) is 5.83. The van der Waals surface area contributed by atoms with Crippen molar-refractivity contribution in [1.29, 1.82) is 0 Å². The van der Waals surface area contributed by atoms with E-state index in [0.717, 1.165) is 25.9 Å². The third-order valence-corrected chi connectivity index (χ3v) is 8.04. The number of hydrogen-bond acceptors (Lipinski definition) is 7. The molecule has 10 heteroatoms. The van der Waals surface area contributed by atoms with Crippen molar-refractivity contribution in [1.82, 2.24) is 20.0 Å².